The third-order valence-corrected chi connectivity index (χ3v) is 10.5. The van der Waals surface area contributed by atoms with Crippen LogP contribution in [0.15, 0.2) is 47.3 Å². The number of allylic oxidation sites excluding steroid dienone is 3. The average molecular weight is 765 g/mol. The summed E-state index contributed by atoms with van der Waals surface area (Å²) >= 11 is 0. The molecule has 1 amide bonds. The van der Waals surface area contributed by atoms with Gasteiger partial charge < -0.3 is 45.2 Å². The number of ketones is 1. The summed E-state index contributed by atoms with van der Waals surface area (Å²) in [4.78, 5) is 40.6. The highest BCUT2D eigenvalue weighted by Gasteiger charge is 2.36. The van der Waals surface area contributed by atoms with Crippen LogP contribution < -0.4 is 10.1 Å². The predicted molar refractivity (Wildman–Crippen MR) is 211 cm³/mol. The number of hydrogen-bond donors (Lipinski definition) is 6. The number of rotatable bonds is 15. The van der Waals surface area contributed by atoms with Crippen LogP contribution in [-0.4, -0.2) is 111 Å². The number of benzene rings is 2. The van der Waals surface area contributed by atoms with Crippen molar-refractivity contribution in [1.82, 2.24) is 9.91 Å². The van der Waals surface area contributed by atoms with E-state index in [0.717, 1.165) is 19.4 Å². The Morgan fingerprint density at radius 2 is 1.71 bits per heavy atom. The monoisotopic (exact) mass is 764 g/mol. The number of aromatic hydroxyl groups is 3. The first kappa shape index (κ1) is 42.7. The summed E-state index contributed by atoms with van der Waals surface area (Å²) in [5.74, 6) is -3.46. The molecule has 0 aliphatic carbocycles. The van der Waals surface area contributed by atoms with Crippen molar-refractivity contribution in [2.45, 2.75) is 79.6 Å². The normalized spacial score (nSPS) is 20.1. The van der Waals surface area contributed by atoms with Gasteiger partial charge in [0.15, 0.2) is 11.9 Å². The molecule has 0 aromatic heterocycles. The summed E-state index contributed by atoms with van der Waals surface area (Å²) < 4.78 is 11.2. The van der Waals surface area contributed by atoms with Crippen LogP contribution in [-0.2, 0) is 14.3 Å². The van der Waals surface area contributed by atoms with Gasteiger partial charge in [0.1, 0.15) is 23.4 Å². The number of nitrogens with zero attached hydrogens (tertiary/aromatic N) is 3. The molecule has 14 nitrogen and oxygen atoms in total. The number of aliphatic hydroxyl groups is 2. The van der Waals surface area contributed by atoms with Crippen molar-refractivity contribution in [2.24, 2.45) is 28.8 Å². The summed E-state index contributed by atoms with van der Waals surface area (Å²) in [5, 5.41) is 63.1. The first-order valence-corrected chi connectivity index (χ1v) is 18.7. The van der Waals surface area contributed by atoms with Crippen LogP contribution in [0.3, 0.4) is 0 Å². The van der Waals surface area contributed by atoms with Gasteiger partial charge in [-0.25, -0.2) is 0 Å². The van der Waals surface area contributed by atoms with Crippen LogP contribution in [0.4, 0.5) is 5.69 Å². The van der Waals surface area contributed by atoms with E-state index in [9.17, 15) is 34.8 Å². The number of hydrogen-bond acceptors (Lipinski definition) is 13. The minimum atomic E-state index is -0.867. The summed E-state index contributed by atoms with van der Waals surface area (Å²) in [7, 11) is 2.00. The fourth-order valence-corrected chi connectivity index (χ4v) is 7.26. The van der Waals surface area contributed by atoms with Gasteiger partial charge in [0.25, 0.3) is 5.91 Å². The molecule has 2 heterocycles. The van der Waals surface area contributed by atoms with Crippen LogP contribution in [0.5, 0.6) is 23.0 Å². The van der Waals surface area contributed by atoms with Crippen molar-refractivity contribution in [2.75, 3.05) is 38.5 Å². The van der Waals surface area contributed by atoms with E-state index in [4.69, 9.17) is 14.6 Å². The largest absolute Gasteiger partial charge is 0.516 e. The molecule has 0 unspecified atom stereocenters. The summed E-state index contributed by atoms with van der Waals surface area (Å²) in [6.45, 7) is 14.9. The lowest BCUT2D eigenvalue weighted by Gasteiger charge is -2.32. The third-order valence-electron chi connectivity index (χ3n) is 10.5. The lowest BCUT2D eigenvalue weighted by Crippen LogP contribution is -2.41. The first-order valence-electron chi connectivity index (χ1n) is 18.7. The number of carbonyl (C=O) groups excluding carboxylic acids is 3. The van der Waals surface area contributed by atoms with Gasteiger partial charge in [0, 0.05) is 56.0 Å². The zero-order valence-electron chi connectivity index (χ0n) is 32.9. The van der Waals surface area contributed by atoms with Gasteiger partial charge in [0.05, 0.1) is 40.8 Å². The molecule has 4 rings (SSSR count). The SMILES string of the molecule is CC(=O)O[C@H]([C@H](C)C/C=C/O)[C@H](C)C[C@H](C)[C@@H](O)[C@@H](C)/C=C/C=C(/C)C(=O)Nc1c(/C=N/N2CCN(C)CC2)c(O)c2c3c(cc(O)c2c1O)O[C@@H](C)C3=O. The van der Waals surface area contributed by atoms with Crippen molar-refractivity contribution in [1.29, 1.82) is 0 Å². The van der Waals surface area contributed by atoms with Crippen molar-refractivity contribution in [3.63, 3.8) is 0 Å². The Labute approximate surface area is 322 Å². The van der Waals surface area contributed by atoms with Crippen molar-refractivity contribution in [3.8, 4) is 23.0 Å². The van der Waals surface area contributed by atoms with Gasteiger partial charge in [0.2, 0.25) is 5.78 Å². The molecule has 2 aliphatic heterocycles. The first-order chi connectivity index (χ1) is 26.0. The second kappa shape index (κ2) is 18.5. The molecule has 7 atom stereocenters. The van der Waals surface area contributed by atoms with E-state index in [2.05, 4.69) is 15.3 Å². The van der Waals surface area contributed by atoms with Gasteiger partial charge in [-0.2, -0.15) is 5.10 Å². The fourth-order valence-electron chi connectivity index (χ4n) is 7.26. The standard InChI is InChI=1S/C41H56N4O10/c1-22(36(49)25(4)19-26(5)40(55-28(7)47)23(2)13-10-18-46)11-9-12-24(3)41(53)43-35-29(21-42-45-16-14-44(8)15-17-45)38(51)34-32(39(35)52)30(48)20-31-33(34)37(50)27(6)54-31/h9-12,18,20-23,25-27,36,40,46,48-49,51-52H,13-17,19H2,1-8H3,(H,43,53)/b11-9+,18-10+,24-12-,42-21+/t22-,23+,25-,26+,27-,36-,40+/m0/s1. The number of ether oxygens (including phenoxy) is 2. The number of carbonyl (C=O) groups is 3. The average Bonchev–Trinajstić information content (AvgIpc) is 3.42. The van der Waals surface area contributed by atoms with Gasteiger partial charge in [-0.3, -0.25) is 19.4 Å². The number of Topliss-reactive ketones (excluding diaryl/α,β-unsaturated/α-hetero) is 1. The molecule has 0 spiro atoms. The highest BCUT2D eigenvalue weighted by atomic mass is 16.5. The van der Waals surface area contributed by atoms with E-state index in [1.807, 2.05) is 34.7 Å². The Morgan fingerprint density at radius 1 is 1.04 bits per heavy atom. The van der Waals surface area contributed by atoms with Crippen LogP contribution in [0.2, 0.25) is 0 Å². The van der Waals surface area contributed by atoms with Crippen LogP contribution in [0.25, 0.3) is 10.8 Å². The number of phenolic OH excluding ortho intramolecular Hbond substituents is 3. The fraction of sp³-hybridized carbons (Fsp3) is 0.512. The predicted octanol–water partition coefficient (Wildman–Crippen LogP) is 5.63. The Kier molecular flexibility index (Phi) is 14.4. The molecule has 0 bridgehead atoms. The second-order valence-corrected chi connectivity index (χ2v) is 15.0. The quantitative estimate of drug-likeness (QED) is 0.0249. The Hall–Kier alpha value is -5.08. The lowest BCUT2D eigenvalue weighted by molar-refractivity contribution is -0.152. The van der Waals surface area contributed by atoms with Crippen molar-refractivity contribution < 1.29 is 49.4 Å². The number of esters is 1. The molecule has 2 aliphatic rings. The molecule has 0 saturated carbocycles. The maximum Gasteiger partial charge on any atom is 0.302 e. The number of aliphatic hydroxyl groups excluding tert-OH is 2. The number of hydrazone groups is 1. The van der Waals surface area contributed by atoms with E-state index >= 15 is 0 Å². The molecule has 300 valence electrons. The topological polar surface area (TPSA) is 202 Å². The maximum absolute atomic E-state index is 13.6. The maximum atomic E-state index is 13.6. The summed E-state index contributed by atoms with van der Waals surface area (Å²) in [5.41, 5.74) is -0.0299. The summed E-state index contributed by atoms with van der Waals surface area (Å²) in [6.07, 6.45) is 7.97. The van der Waals surface area contributed by atoms with Crippen LogP contribution in [0.1, 0.15) is 77.2 Å². The molecule has 14 heteroatoms. The van der Waals surface area contributed by atoms with Gasteiger partial charge >= 0.3 is 5.97 Å². The minimum Gasteiger partial charge on any atom is -0.516 e. The molecule has 1 fully saturated rings. The molecule has 2 aromatic carbocycles. The molecular formula is C41H56N4O10. The van der Waals surface area contributed by atoms with Crippen LogP contribution >= 0.6 is 0 Å². The van der Waals surface area contributed by atoms with Gasteiger partial charge in [-0.15, -0.1) is 0 Å². The van der Waals surface area contributed by atoms with E-state index in [-0.39, 0.29) is 62.6 Å². The molecule has 55 heavy (non-hydrogen) atoms. The molecule has 1 saturated heterocycles. The zero-order valence-corrected chi connectivity index (χ0v) is 32.9. The van der Waals surface area contributed by atoms with Crippen molar-refractivity contribution in [3.05, 3.63) is 53.3 Å². The van der Waals surface area contributed by atoms with E-state index in [1.165, 1.54) is 19.2 Å². The van der Waals surface area contributed by atoms with Gasteiger partial charge in [-0.1, -0.05) is 45.9 Å². The molecule has 2 aromatic rings. The number of phenols is 3. The Bertz CT molecular complexity index is 1860. The number of likely N-dealkylation sites (N-methyl/N-ethyl adjacent to an activating group) is 1. The zero-order chi connectivity index (χ0) is 40.7. The third kappa shape index (κ3) is 9.97. The second-order valence-electron chi connectivity index (χ2n) is 15.0. The van der Waals surface area contributed by atoms with Crippen LogP contribution in [0, 0.1) is 23.7 Å². The molecular weight excluding hydrogens is 708 g/mol. The smallest absolute Gasteiger partial charge is 0.302 e. The number of anilines is 1. The number of fused-ring (bicyclic) bond motifs is 3. The van der Waals surface area contributed by atoms with E-state index in [1.54, 1.807) is 43.2 Å². The Balaban J connectivity index is 1.56. The Morgan fingerprint density at radius 3 is 2.35 bits per heavy atom. The van der Waals surface area contributed by atoms with Crippen molar-refractivity contribution >= 4 is 40.3 Å². The minimum absolute atomic E-state index is 0.00997. The molecule has 6 N–H and O–H groups in total. The number of piperazine rings is 1. The number of nitrogens with one attached hydrogen (secondary N) is 1. The van der Waals surface area contributed by atoms with E-state index < -0.39 is 53.2 Å². The highest BCUT2D eigenvalue weighted by Crippen LogP contribution is 2.51. The number of amides is 1. The molecule has 0 radical (unpaired) electrons. The lowest BCUT2D eigenvalue weighted by atomic mass is 9.81. The summed E-state index contributed by atoms with van der Waals surface area (Å²) in [6, 6.07) is 1.20. The highest BCUT2D eigenvalue weighted by molar-refractivity contribution is 6.22. The van der Waals surface area contributed by atoms with Gasteiger partial charge in [-0.05, 0) is 57.6 Å². The van der Waals surface area contributed by atoms with E-state index in [0.29, 0.717) is 25.9 Å².